The largest absolute Gasteiger partial charge is 0.394 e. The molecule has 3 atom stereocenters. The molecular formula is C48H62N12O4. The molecule has 0 spiro atoms. The van der Waals surface area contributed by atoms with E-state index in [2.05, 4.69) is 85.4 Å². The zero-order chi connectivity index (χ0) is 44.9. The van der Waals surface area contributed by atoms with Crippen molar-refractivity contribution < 1.29 is 19.5 Å². The zero-order valence-electron chi connectivity index (χ0n) is 37.6. The van der Waals surface area contributed by atoms with E-state index in [1.165, 1.54) is 29.2 Å². The Balaban J connectivity index is 0.913. The number of amides is 3. The normalized spacial score (nSPS) is 22.6. The molecule has 9 rings (SSSR count). The highest BCUT2D eigenvalue weighted by atomic mass is 16.3. The second kappa shape index (κ2) is 17.5. The van der Waals surface area contributed by atoms with Crippen LogP contribution in [0, 0.1) is 12.3 Å². The van der Waals surface area contributed by atoms with E-state index >= 15 is 0 Å². The number of fused-ring (bicyclic) bond motifs is 3. The molecule has 4 aliphatic heterocycles. The Morgan fingerprint density at radius 2 is 1.77 bits per heavy atom. The van der Waals surface area contributed by atoms with E-state index in [1.54, 1.807) is 0 Å². The lowest BCUT2D eigenvalue weighted by atomic mass is 9.90. The number of aliphatic hydroxyl groups is 1. The molecule has 5 N–H and O–H groups in total. The van der Waals surface area contributed by atoms with Crippen LogP contribution in [-0.4, -0.2) is 129 Å². The van der Waals surface area contributed by atoms with Crippen molar-refractivity contribution in [2.45, 2.75) is 96.9 Å². The number of benzene rings is 1. The van der Waals surface area contributed by atoms with Crippen LogP contribution in [0.3, 0.4) is 0 Å². The molecule has 7 heterocycles. The molecule has 16 heteroatoms. The first kappa shape index (κ1) is 43.3. The fourth-order valence-electron chi connectivity index (χ4n) is 11.1. The van der Waals surface area contributed by atoms with Crippen LogP contribution in [0.5, 0.6) is 0 Å². The molecule has 3 aromatic heterocycles. The topological polar surface area (TPSA) is 181 Å². The van der Waals surface area contributed by atoms with Gasteiger partial charge in [-0.25, -0.2) is 9.97 Å². The minimum absolute atomic E-state index is 0.00604. The maximum absolute atomic E-state index is 14.1. The number of hydrogen-bond acceptors (Lipinski definition) is 12. The smallest absolute Gasteiger partial charge is 0.271 e. The first-order chi connectivity index (χ1) is 30.8. The number of anilines is 6. The number of hydrogen-bond donors (Lipinski definition) is 4. The van der Waals surface area contributed by atoms with Crippen LogP contribution in [0.15, 0.2) is 61.4 Å². The van der Waals surface area contributed by atoms with Gasteiger partial charge in [0.1, 0.15) is 11.5 Å². The Morgan fingerprint density at radius 1 is 0.969 bits per heavy atom. The molecule has 0 bridgehead atoms. The van der Waals surface area contributed by atoms with E-state index in [4.69, 9.17) is 10.7 Å². The average molecular weight is 871 g/mol. The van der Waals surface area contributed by atoms with E-state index in [9.17, 15) is 19.5 Å². The predicted molar refractivity (Wildman–Crippen MR) is 250 cm³/mol. The highest BCUT2D eigenvalue weighted by molar-refractivity contribution is 6.02. The van der Waals surface area contributed by atoms with Gasteiger partial charge in [-0.2, -0.15) is 0 Å². The van der Waals surface area contributed by atoms with Gasteiger partial charge in [-0.3, -0.25) is 24.3 Å². The Labute approximate surface area is 375 Å². The van der Waals surface area contributed by atoms with E-state index < -0.39 is 11.9 Å². The first-order valence-electron chi connectivity index (χ1n) is 22.9. The van der Waals surface area contributed by atoms with Crippen molar-refractivity contribution in [1.82, 2.24) is 29.3 Å². The van der Waals surface area contributed by atoms with Gasteiger partial charge in [0.05, 0.1) is 36.3 Å². The van der Waals surface area contributed by atoms with Crippen LogP contribution >= 0.6 is 0 Å². The predicted octanol–water partition coefficient (Wildman–Crippen LogP) is 4.74. The van der Waals surface area contributed by atoms with Gasteiger partial charge in [0.2, 0.25) is 5.91 Å². The fourth-order valence-corrected chi connectivity index (χ4v) is 11.1. The van der Waals surface area contributed by atoms with Crippen LogP contribution in [0.2, 0.25) is 0 Å². The molecule has 5 aliphatic rings. The highest BCUT2D eigenvalue weighted by Gasteiger charge is 2.43. The number of nitrogens with one attached hydrogen (secondary N) is 2. The lowest BCUT2D eigenvalue weighted by molar-refractivity contribution is -0.111. The van der Waals surface area contributed by atoms with Gasteiger partial charge in [-0.05, 0) is 106 Å². The van der Waals surface area contributed by atoms with Gasteiger partial charge in [0, 0.05) is 93.4 Å². The van der Waals surface area contributed by atoms with E-state index in [0.717, 1.165) is 94.9 Å². The van der Waals surface area contributed by atoms with E-state index in [1.807, 2.05) is 41.1 Å². The van der Waals surface area contributed by atoms with Crippen molar-refractivity contribution in [2.75, 3.05) is 77.8 Å². The van der Waals surface area contributed by atoms with Crippen molar-refractivity contribution in [3.05, 3.63) is 89.8 Å². The van der Waals surface area contributed by atoms with E-state index in [-0.39, 0.29) is 47.4 Å². The zero-order valence-corrected chi connectivity index (χ0v) is 37.6. The Morgan fingerprint density at radius 3 is 2.50 bits per heavy atom. The lowest BCUT2D eigenvalue weighted by Crippen LogP contribution is -2.60. The number of primary amides is 1. The fraction of sp³-hybridized carbons (Fsp3) is 0.500. The summed E-state index contributed by atoms with van der Waals surface area (Å²) in [5, 5.41) is 17.2. The van der Waals surface area contributed by atoms with Crippen molar-refractivity contribution >= 4 is 52.1 Å². The molecule has 64 heavy (non-hydrogen) atoms. The third kappa shape index (κ3) is 8.40. The second-order valence-corrected chi connectivity index (χ2v) is 19.1. The molecule has 3 saturated heterocycles. The molecule has 0 radical (unpaired) electrons. The Kier molecular flexibility index (Phi) is 11.8. The number of rotatable bonds is 11. The summed E-state index contributed by atoms with van der Waals surface area (Å²) in [4.78, 5) is 64.9. The number of aromatic nitrogens is 4. The molecule has 4 aromatic rings. The molecule has 3 amide bonds. The lowest BCUT2D eigenvalue weighted by Gasteiger charge is -2.47. The third-order valence-electron chi connectivity index (χ3n) is 14.2. The highest BCUT2D eigenvalue weighted by Crippen LogP contribution is 2.40. The minimum Gasteiger partial charge on any atom is -0.394 e. The van der Waals surface area contributed by atoms with Crippen LogP contribution in [-0.2, 0) is 24.2 Å². The number of carbonyl (C=O) groups is 3. The summed E-state index contributed by atoms with van der Waals surface area (Å²) in [6.45, 7) is 18.7. The number of pyridine rings is 1. The van der Waals surface area contributed by atoms with Gasteiger partial charge in [-0.15, -0.1) is 0 Å². The number of piperazine rings is 1. The number of carbonyl (C=O) groups excluding carboxylic acids is 3. The summed E-state index contributed by atoms with van der Waals surface area (Å²) in [5.41, 5.74) is 13.6. The van der Waals surface area contributed by atoms with Gasteiger partial charge in [-0.1, -0.05) is 20.4 Å². The number of nitrogens with two attached hydrogens (primary N) is 1. The summed E-state index contributed by atoms with van der Waals surface area (Å²) in [5.74, 6) is -0.506. The van der Waals surface area contributed by atoms with Crippen molar-refractivity contribution in [1.29, 1.82) is 0 Å². The molecule has 3 fully saturated rings. The van der Waals surface area contributed by atoms with Gasteiger partial charge in [0.25, 0.3) is 11.8 Å². The monoisotopic (exact) mass is 871 g/mol. The maximum atomic E-state index is 14.1. The van der Waals surface area contributed by atoms with E-state index in [0.29, 0.717) is 36.3 Å². The SMILES string of the molecule is C=CC(=O)Nc1cc(Nc2nc(N3CCCC(N4CCn5c(cc6c5CC(C)(C)C6)C4=O)C3CO)cnc2C(N)=O)ccc1N1CCN(C2CCN(c3ccnc(C)c3)CC2)C[C@@H]1C. The van der Waals surface area contributed by atoms with Crippen LogP contribution in [0.25, 0.3) is 0 Å². The molecule has 0 saturated carbocycles. The first-order valence-corrected chi connectivity index (χ1v) is 22.9. The Bertz CT molecular complexity index is 2440. The maximum Gasteiger partial charge on any atom is 0.271 e. The standard InChI is InChI=1S/C48H62N12O4/c1-6-43(62)53-36-24-33(9-10-37(36)57-19-18-56(28-31(57)3)34-12-16-55(17-13-34)35-11-14-50-30(2)22-35)52-46-44(45(49)63)51-27-42(54-46)59-15-7-8-38(41(59)29-61)60-21-20-58-39(47(60)64)23-32-25-48(4,5)26-40(32)58/h6,9-11,14,22-24,27,31,34,38,41,61H,1,7-8,12-13,15-21,25-26,28-29H2,2-5H3,(H2,49,63)(H,52,54)(H,53,62)/t31-,38?,41?/m0/s1. The third-order valence-corrected chi connectivity index (χ3v) is 14.2. The van der Waals surface area contributed by atoms with Crippen LogP contribution in [0.4, 0.5) is 34.4 Å². The van der Waals surface area contributed by atoms with Crippen molar-refractivity contribution in [2.24, 2.45) is 11.1 Å². The van der Waals surface area contributed by atoms with Gasteiger partial charge >= 0.3 is 0 Å². The Hall–Kier alpha value is -6.00. The summed E-state index contributed by atoms with van der Waals surface area (Å²) >= 11 is 0. The van der Waals surface area contributed by atoms with Crippen molar-refractivity contribution in [3.8, 4) is 0 Å². The molecule has 338 valence electrons. The van der Waals surface area contributed by atoms with Crippen LogP contribution in [0.1, 0.15) is 84.4 Å². The number of aliphatic hydroxyl groups excluding tert-OH is 1. The number of piperidine rings is 2. The molecule has 2 unspecified atom stereocenters. The molecular weight excluding hydrogens is 809 g/mol. The quantitative estimate of drug-likeness (QED) is 0.152. The number of nitrogens with zero attached hydrogens (tertiary/aromatic N) is 9. The minimum atomic E-state index is -0.754. The molecule has 1 aliphatic carbocycles. The summed E-state index contributed by atoms with van der Waals surface area (Å²) < 4.78 is 2.21. The summed E-state index contributed by atoms with van der Waals surface area (Å²) in [6, 6.07) is 12.0. The summed E-state index contributed by atoms with van der Waals surface area (Å²) in [6.07, 6.45) is 10.3. The molecule has 16 nitrogen and oxygen atoms in total. The second-order valence-electron chi connectivity index (χ2n) is 19.1. The van der Waals surface area contributed by atoms with Gasteiger partial charge in [0.15, 0.2) is 11.5 Å². The summed E-state index contributed by atoms with van der Waals surface area (Å²) in [7, 11) is 0. The average Bonchev–Trinajstić information content (AvgIpc) is 3.78. The number of aryl methyl sites for hydroxylation is 1. The molecule has 1 aromatic carbocycles. The van der Waals surface area contributed by atoms with Gasteiger partial charge < -0.3 is 45.6 Å². The van der Waals surface area contributed by atoms with Crippen LogP contribution < -0.4 is 31.1 Å². The van der Waals surface area contributed by atoms with Crippen molar-refractivity contribution in [3.63, 3.8) is 0 Å².